The number of rotatable bonds is 13. The number of benzene rings is 4. The normalized spacial score (nSPS) is 24.7. The molecule has 1 aliphatic carbocycles. The first kappa shape index (κ1) is 38.7. The molecule has 2 aliphatic heterocycles. The van der Waals surface area contributed by atoms with Crippen LogP contribution in [0.1, 0.15) is 100 Å². The number of carbonyl (C=O) groups excluding carboxylic acids is 2. The summed E-state index contributed by atoms with van der Waals surface area (Å²) in [5.41, 5.74) is 13.8. The van der Waals surface area contributed by atoms with Crippen molar-refractivity contribution in [3.8, 4) is 11.1 Å². The van der Waals surface area contributed by atoms with Crippen molar-refractivity contribution in [2.45, 2.75) is 103 Å². The molecule has 0 spiro atoms. The van der Waals surface area contributed by atoms with Gasteiger partial charge in [-0.3, -0.25) is 14.5 Å². The Kier molecular flexibility index (Phi) is 11.7. The van der Waals surface area contributed by atoms with Gasteiger partial charge < -0.3 is 30.9 Å². The van der Waals surface area contributed by atoms with Crippen LogP contribution < -0.4 is 16.4 Å². The lowest BCUT2D eigenvalue weighted by atomic mass is 9.65. The number of nitrogens with zero attached hydrogens (tertiary/aromatic N) is 1. The molecule has 290 valence electrons. The van der Waals surface area contributed by atoms with Crippen LogP contribution in [0.2, 0.25) is 0 Å². The maximum Gasteiger partial charge on any atom is 0.224 e. The van der Waals surface area contributed by atoms with Crippen molar-refractivity contribution in [3.63, 3.8) is 0 Å². The van der Waals surface area contributed by atoms with Crippen molar-refractivity contribution in [2.75, 3.05) is 24.1 Å². The Labute approximate surface area is 325 Å². The number of hydrogen-bond acceptors (Lipinski definition) is 7. The number of fused-ring (bicyclic) bond motifs is 2. The van der Waals surface area contributed by atoms with Crippen LogP contribution in [0, 0.1) is 10.8 Å². The molecule has 0 radical (unpaired) electrons. The number of para-hydroxylation sites is 2. The molecule has 7 rings (SSSR count). The van der Waals surface area contributed by atoms with Crippen LogP contribution in [0.3, 0.4) is 0 Å². The summed E-state index contributed by atoms with van der Waals surface area (Å²) in [5.74, 6) is -0.261. The van der Waals surface area contributed by atoms with E-state index in [1.165, 1.54) is 19.3 Å². The Morgan fingerprint density at radius 3 is 2.35 bits per heavy atom. The van der Waals surface area contributed by atoms with Gasteiger partial charge in [0.25, 0.3) is 0 Å². The van der Waals surface area contributed by atoms with Crippen LogP contribution in [0.25, 0.3) is 11.1 Å². The summed E-state index contributed by atoms with van der Waals surface area (Å²) < 4.78 is 13.5. The van der Waals surface area contributed by atoms with Gasteiger partial charge >= 0.3 is 0 Å². The van der Waals surface area contributed by atoms with Gasteiger partial charge in [0.15, 0.2) is 6.29 Å². The second-order valence-electron chi connectivity index (χ2n) is 17.1. The van der Waals surface area contributed by atoms with Crippen molar-refractivity contribution in [1.29, 1.82) is 0 Å². The highest BCUT2D eigenvalue weighted by molar-refractivity contribution is 5.94. The zero-order valence-corrected chi connectivity index (χ0v) is 32.4. The molecule has 55 heavy (non-hydrogen) atoms. The van der Waals surface area contributed by atoms with E-state index in [4.69, 9.17) is 15.2 Å². The van der Waals surface area contributed by atoms with Gasteiger partial charge in [-0.25, -0.2) is 0 Å². The summed E-state index contributed by atoms with van der Waals surface area (Å²) in [7, 11) is 0. The lowest BCUT2D eigenvalue weighted by Crippen LogP contribution is -2.42. The molecule has 4 aromatic rings. The number of hydrogen-bond donors (Lipinski definition) is 4. The van der Waals surface area contributed by atoms with Crippen molar-refractivity contribution in [3.05, 3.63) is 119 Å². The molecule has 9 nitrogen and oxygen atoms in total. The monoisotopic (exact) mass is 744 g/mol. The van der Waals surface area contributed by atoms with Crippen molar-refractivity contribution < 1.29 is 24.2 Å². The number of aliphatic hydroxyl groups is 1. The zero-order valence-electron chi connectivity index (χ0n) is 32.4. The summed E-state index contributed by atoms with van der Waals surface area (Å²) in [6.45, 7) is 9.73. The average Bonchev–Trinajstić information content (AvgIpc) is 3.41. The highest BCUT2D eigenvalue weighted by Gasteiger charge is 2.50. The third kappa shape index (κ3) is 9.83. The average molecular weight is 745 g/mol. The SMILES string of the molecule is CC1(C)CC2CC(C)(CN2C[C@@H]2C[C@H](c3ccc(CO)cc3)O[C@H](c3ccc(-c4cccc(CNC(=O)CCCC(=O)Nc5ccccc5N)c4)cc3)O2)C1. The Morgan fingerprint density at radius 1 is 0.836 bits per heavy atom. The number of nitrogens with two attached hydrogens (primary N) is 1. The fraction of sp³-hybridized carbons (Fsp3) is 0.435. The molecule has 5 atom stereocenters. The summed E-state index contributed by atoms with van der Waals surface area (Å²) in [6, 6.07) is 32.4. The van der Waals surface area contributed by atoms with Crippen LogP contribution in [0.4, 0.5) is 11.4 Å². The Hall–Kier alpha value is -4.54. The molecule has 4 aromatic carbocycles. The Bertz CT molecular complexity index is 1950. The van der Waals surface area contributed by atoms with Crippen molar-refractivity contribution in [2.24, 2.45) is 10.8 Å². The maximum absolute atomic E-state index is 12.6. The summed E-state index contributed by atoms with van der Waals surface area (Å²) >= 11 is 0. The van der Waals surface area contributed by atoms with E-state index in [2.05, 4.69) is 84.8 Å². The second kappa shape index (κ2) is 16.7. The number of ether oxygens (including phenoxy) is 2. The number of anilines is 2. The van der Waals surface area contributed by atoms with E-state index >= 15 is 0 Å². The topological polar surface area (TPSA) is 126 Å². The largest absolute Gasteiger partial charge is 0.397 e. The van der Waals surface area contributed by atoms with Crippen molar-refractivity contribution in [1.82, 2.24) is 10.2 Å². The predicted octanol–water partition coefficient (Wildman–Crippen LogP) is 8.30. The third-order valence-electron chi connectivity index (χ3n) is 11.6. The minimum atomic E-state index is -0.506. The molecule has 0 aromatic heterocycles. The minimum absolute atomic E-state index is 0.0174. The molecule has 9 heteroatoms. The highest BCUT2D eigenvalue weighted by Crippen LogP contribution is 2.53. The second-order valence-corrected chi connectivity index (χ2v) is 17.1. The predicted molar refractivity (Wildman–Crippen MR) is 217 cm³/mol. The first-order valence-corrected chi connectivity index (χ1v) is 19.8. The third-order valence-corrected chi connectivity index (χ3v) is 11.6. The van der Waals surface area contributed by atoms with Crippen molar-refractivity contribution >= 4 is 23.2 Å². The van der Waals surface area contributed by atoms with E-state index in [1.807, 2.05) is 36.4 Å². The van der Waals surface area contributed by atoms with Gasteiger partial charge in [-0.2, -0.15) is 0 Å². The molecule has 2 heterocycles. The lowest BCUT2D eigenvalue weighted by Gasteiger charge is -2.41. The van der Waals surface area contributed by atoms with Gasteiger partial charge in [0.1, 0.15) is 0 Å². The van der Waals surface area contributed by atoms with Crippen LogP contribution in [-0.4, -0.2) is 47.1 Å². The summed E-state index contributed by atoms with van der Waals surface area (Å²) in [6.07, 6.45) is 4.86. The minimum Gasteiger partial charge on any atom is -0.397 e. The van der Waals surface area contributed by atoms with E-state index < -0.39 is 6.29 Å². The van der Waals surface area contributed by atoms with Gasteiger partial charge in [-0.1, -0.05) is 99.6 Å². The number of nitrogens with one attached hydrogen (secondary N) is 2. The fourth-order valence-electron chi connectivity index (χ4n) is 9.30. The van der Waals surface area contributed by atoms with Crippen LogP contribution in [0.15, 0.2) is 97.1 Å². The summed E-state index contributed by atoms with van der Waals surface area (Å²) in [4.78, 5) is 27.6. The standard InChI is InChI=1S/C46H56N4O5/c1-45(2)24-37-25-46(3,29-45)30-50(37)27-38-23-41(34-16-14-31(28-51)15-17-34)55-44(54-38)35-20-18-33(19-21-35)36-9-6-8-32(22-36)26-48-42(52)12-7-13-43(53)49-40-11-5-4-10-39(40)47/h4-6,8-11,14-22,37-38,41,44,51H,7,12-13,23-30,47H2,1-3H3,(H,48,52)(H,49,53)/t37?,38-,41+,44+,46?/m0/s1. The number of carbonyl (C=O) groups is 2. The number of amides is 2. The van der Waals surface area contributed by atoms with Gasteiger partial charge in [0.05, 0.1) is 30.2 Å². The summed E-state index contributed by atoms with van der Waals surface area (Å²) in [5, 5.41) is 15.4. The van der Waals surface area contributed by atoms with Gasteiger partial charge in [-0.15, -0.1) is 0 Å². The first-order valence-electron chi connectivity index (χ1n) is 19.8. The van der Waals surface area contributed by atoms with E-state index in [-0.39, 0.29) is 43.5 Å². The first-order chi connectivity index (χ1) is 26.4. The molecular weight excluding hydrogens is 689 g/mol. The quantitative estimate of drug-likeness (QED) is 0.102. The Balaban J connectivity index is 0.966. The lowest BCUT2D eigenvalue weighted by molar-refractivity contribution is -0.253. The molecule has 2 unspecified atom stereocenters. The molecule has 1 saturated carbocycles. The molecule has 2 bridgehead atoms. The molecule has 5 N–H and O–H groups in total. The van der Waals surface area contributed by atoms with E-state index in [0.29, 0.717) is 41.2 Å². The Morgan fingerprint density at radius 2 is 1.58 bits per heavy atom. The van der Waals surface area contributed by atoms with Gasteiger partial charge in [-0.05, 0) is 82.5 Å². The molecule has 2 saturated heterocycles. The van der Waals surface area contributed by atoms with Crippen LogP contribution >= 0.6 is 0 Å². The smallest absolute Gasteiger partial charge is 0.224 e. The number of likely N-dealkylation sites (tertiary alicyclic amines) is 1. The highest BCUT2D eigenvalue weighted by atomic mass is 16.7. The van der Waals surface area contributed by atoms with Crippen LogP contribution in [0.5, 0.6) is 0 Å². The molecular formula is C46H56N4O5. The van der Waals surface area contributed by atoms with E-state index in [0.717, 1.165) is 52.9 Å². The maximum atomic E-state index is 12.6. The molecule has 3 aliphatic rings. The van der Waals surface area contributed by atoms with E-state index in [9.17, 15) is 14.7 Å². The molecule has 3 fully saturated rings. The van der Waals surface area contributed by atoms with Gasteiger partial charge in [0.2, 0.25) is 11.8 Å². The van der Waals surface area contributed by atoms with Gasteiger partial charge in [0, 0.05) is 50.5 Å². The fourth-order valence-corrected chi connectivity index (χ4v) is 9.30. The van der Waals surface area contributed by atoms with E-state index in [1.54, 1.807) is 12.1 Å². The molecule has 2 amide bonds. The number of aliphatic hydroxyl groups excluding tert-OH is 1. The zero-order chi connectivity index (χ0) is 38.6. The van der Waals surface area contributed by atoms with Crippen LogP contribution in [-0.2, 0) is 32.2 Å². The number of nitrogen functional groups attached to an aromatic ring is 1.